The molecule has 0 aromatic heterocycles. The lowest BCUT2D eigenvalue weighted by molar-refractivity contribution is -0.223. The van der Waals surface area contributed by atoms with Crippen LogP contribution in [0.4, 0.5) is 13.2 Å². The molecule has 0 aromatic rings. The summed E-state index contributed by atoms with van der Waals surface area (Å²) in [6, 6.07) is -0.125. The second-order valence-corrected chi connectivity index (χ2v) is 5.71. The molecule has 2 aliphatic rings. The maximum Gasteiger partial charge on any atom is 0.404 e. The highest BCUT2D eigenvalue weighted by atomic mass is 19.4. The van der Waals surface area contributed by atoms with Crippen molar-refractivity contribution in [1.29, 1.82) is 0 Å². The molecule has 0 saturated carbocycles. The number of nitrogens with zero attached hydrogens (tertiary/aromatic N) is 1. The average Bonchev–Trinajstić information content (AvgIpc) is 2.94. The third kappa shape index (κ3) is 2.24. The Morgan fingerprint density at radius 3 is 2.58 bits per heavy atom. The van der Waals surface area contributed by atoms with Gasteiger partial charge in [-0.1, -0.05) is 6.92 Å². The van der Waals surface area contributed by atoms with Crippen molar-refractivity contribution in [2.24, 2.45) is 5.41 Å². The Hall–Kier alpha value is -0.780. The van der Waals surface area contributed by atoms with E-state index in [4.69, 9.17) is 0 Å². The van der Waals surface area contributed by atoms with Crippen molar-refractivity contribution in [3.8, 4) is 0 Å². The summed E-state index contributed by atoms with van der Waals surface area (Å²) in [5.41, 5.74) is -2.21. The van der Waals surface area contributed by atoms with Crippen LogP contribution in [0, 0.1) is 5.41 Å². The summed E-state index contributed by atoms with van der Waals surface area (Å²) < 4.78 is 40.2. The quantitative estimate of drug-likeness (QED) is 0.840. The molecule has 19 heavy (non-hydrogen) atoms. The largest absolute Gasteiger partial charge is 0.404 e. The van der Waals surface area contributed by atoms with Gasteiger partial charge in [-0.2, -0.15) is 13.2 Å². The van der Waals surface area contributed by atoms with E-state index in [2.05, 4.69) is 5.32 Å². The van der Waals surface area contributed by atoms with Crippen LogP contribution >= 0.6 is 0 Å². The number of nitrogens with one attached hydrogen (secondary N) is 1. The number of hydrogen-bond donors (Lipinski definition) is 1. The minimum absolute atomic E-state index is 0.0395. The highest BCUT2D eigenvalue weighted by molar-refractivity contribution is 5.85. The highest BCUT2D eigenvalue weighted by Gasteiger charge is 2.63. The molecule has 0 aromatic carbocycles. The van der Waals surface area contributed by atoms with Crippen LogP contribution in [0.5, 0.6) is 0 Å². The molecule has 6 heteroatoms. The second kappa shape index (κ2) is 4.96. The SMILES string of the molecule is CCC1CCC(C)N1C(=O)C1(C(F)(F)F)CCNC1. The standard InChI is InChI=1S/C13H21F3N2O/c1-3-10-5-4-9(2)18(10)11(19)12(13(14,15)16)6-7-17-8-12/h9-10,17H,3-8H2,1-2H3. The van der Waals surface area contributed by atoms with Crippen LogP contribution < -0.4 is 5.32 Å². The third-order valence-electron chi connectivity index (χ3n) is 4.60. The zero-order valence-corrected chi connectivity index (χ0v) is 11.4. The van der Waals surface area contributed by atoms with Crippen LogP contribution in [0.1, 0.15) is 39.5 Å². The van der Waals surface area contributed by atoms with E-state index >= 15 is 0 Å². The molecule has 2 heterocycles. The number of halogens is 3. The lowest BCUT2D eigenvalue weighted by atomic mass is 9.84. The summed E-state index contributed by atoms with van der Waals surface area (Å²) >= 11 is 0. The molecule has 2 saturated heterocycles. The summed E-state index contributed by atoms with van der Waals surface area (Å²) in [6.45, 7) is 3.75. The number of alkyl halides is 3. The normalized spacial score (nSPS) is 35.9. The highest BCUT2D eigenvalue weighted by Crippen LogP contribution is 2.46. The third-order valence-corrected chi connectivity index (χ3v) is 4.60. The Balaban J connectivity index is 2.30. The molecule has 3 nitrogen and oxygen atoms in total. The molecule has 2 aliphatic heterocycles. The predicted octanol–water partition coefficient (Wildman–Crippen LogP) is 2.32. The number of carbonyl (C=O) groups is 1. The van der Waals surface area contributed by atoms with Gasteiger partial charge < -0.3 is 10.2 Å². The maximum atomic E-state index is 13.4. The Labute approximate surface area is 111 Å². The fraction of sp³-hybridized carbons (Fsp3) is 0.923. The zero-order valence-electron chi connectivity index (χ0n) is 11.4. The van der Waals surface area contributed by atoms with Gasteiger partial charge in [0.2, 0.25) is 5.91 Å². The van der Waals surface area contributed by atoms with Crippen LogP contribution in [0.3, 0.4) is 0 Å². The molecule has 1 amide bonds. The van der Waals surface area contributed by atoms with E-state index in [0.717, 1.165) is 19.3 Å². The van der Waals surface area contributed by atoms with Crippen molar-refractivity contribution in [2.75, 3.05) is 13.1 Å². The van der Waals surface area contributed by atoms with Crippen LogP contribution in [-0.2, 0) is 4.79 Å². The predicted molar refractivity (Wildman–Crippen MR) is 65.6 cm³/mol. The maximum absolute atomic E-state index is 13.4. The molecule has 0 spiro atoms. The molecule has 0 bridgehead atoms. The molecule has 2 fully saturated rings. The van der Waals surface area contributed by atoms with Gasteiger partial charge in [0, 0.05) is 18.6 Å². The minimum atomic E-state index is -4.48. The number of carbonyl (C=O) groups excluding carboxylic acids is 1. The first kappa shape index (κ1) is 14.6. The molecule has 2 rings (SSSR count). The van der Waals surface area contributed by atoms with Gasteiger partial charge in [-0.25, -0.2) is 0 Å². The van der Waals surface area contributed by atoms with Gasteiger partial charge in [-0.15, -0.1) is 0 Å². The summed E-state index contributed by atoms with van der Waals surface area (Å²) in [5, 5.41) is 2.70. The first-order valence-electron chi connectivity index (χ1n) is 6.93. The summed E-state index contributed by atoms with van der Waals surface area (Å²) in [4.78, 5) is 14.1. The molecule has 3 atom stereocenters. The van der Waals surface area contributed by atoms with Gasteiger partial charge in [-0.05, 0) is 39.2 Å². The van der Waals surface area contributed by atoms with Crippen molar-refractivity contribution < 1.29 is 18.0 Å². The van der Waals surface area contributed by atoms with Gasteiger partial charge in [0.25, 0.3) is 0 Å². The summed E-state index contributed by atoms with van der Waals surface area (Å²) in [6.07, 6.45) is -2.29. The Morgan fingerprint density at radius 1 is 1.42 bits per heavy atom. The smallest absolute Gasteiger partial charge is 0.336 e. The first-order valence-corrected chi connectivity index (χ1v) is 6.93. The second-order valence-electron chi connectivity index (χ2n) is 5.71. The van der Waals surface area contributed by atoms with Crippen molar-refractivity contribution in [3.05, 3.63) is 0 Å². The van der Waals surface area contributed by atoms with Gasteiger partial charge in [0.05, 0.1) is 0 Å². The van der Waals surface area contributed by atoms with E-state index in [1.54, 1.807) is 0 Å². The van der Waals surface area contributed by atoms with Crippen molar-refractivity contribution in [2.45, 2.75) is 57.8 Å². The number of amides is 1. The summed E-state index contributed by atoms with van der Waals surface area (Å²) in [5.74, 6) is -0.721. The van der Waals surface area contributed by atoms with Gasteiger partial charge in [-0.3, -0.25) is 4.79 Å². The monoisotopic (exact) mass is 278 g/mol. The number of hydrogen-bond acceptors (Lipinski definition) is 2. The van der Waals surface area contributed by atoms with E-state index in [0.29, 0.717) is 0 Å². The average molecular weight is 278 g/mol. The van der Waals surface area contributed by atoms with Crippen molar-refractivity contribution in [3.63, 3.8) is 0 Å². The molecule has 0 aliphatic carbocycles. The summed E-state index contributed by atoms with van der Waals surface area (Å²) in [7, 11) is 0. The first-order chi connectivity index (χ1) is 8.83. The van der Waals surface area contributed by atoms with Crippen LogP contribution in [0.25, 0.3) is 0 Å². The van der Waals surface area contributed by atoms with E-state index in [1.165, 1.54) is 4.90 Å². The Kier molecular flexibility index (Phi) is 3.82. The number of likely N-dealkylation sites (tertiary alicyclic amines) is 1. The Morgan fingerprint density at radius 2 is 2.11 bits per heavy atom. The van der Waals surface area contributed by atoms with Crippen molar-refractivity contribution in [1.82, 2.24) is 10.2 Å². The molecular weight excluding hydrogens is 257 g/mol. The van der Waals surface area contributed by atoms with Crippen molar-refractivity contribution >= 4 is 5.91 Å². The van der Waals surface area contributed by atoms with E-state index in [1.807, 2.05) is 13.8 Å². The lowest BCUT2D eigenvalue weighted by Crippen LogP contribution is -2.56. The van der Waals surface area contributed by atoms with Gasteiger partial charge >= 0.3 is 6.18 Å². The topological polar surface area (TPSA) is 32.3 Å². The van der Waals surface area contributed by atoms with Crippen LogP contribution in [-0.4, -0.2) is 42.2 Å². The van der Waals surface area contributed by atoms with E-state index in [9.17, 15) is 18.0 Å². The van der Waals surface area contributed by atoms with Gasteiger partial charge in [0.1, 0.15) is 0 Å². The minimum Gasteiger partial charge on any atom is -0.336 e. The molecular formula is C13H21F3N2O. The Bertz CT molecular complexity index is 350. The number of rotatable bonds is 2. The van der Waals surface area contributed by atoms with E-state index in [-0.39, 0.29) is 31.6 Å². The molecule has 110 valence electrons. The zero-order chi connectivity index (χ0) is 14.3. The lowest BCUT2D eigenvalue weighted by Gasteiger charge is -2.38. The fourth-order valence-corrected chi connectivity index (χ4v) is 3.32. The molecule has 0 radical (unpaired) electrons. The molecule has 3 unspecified atom stereocenters. The van der Waals surface area contributed by atoms with Crippen LogP contribution in [0.15, 0.2) is 0 Å². The van der Waals surface area contributed by atoms with Gasteiger partial charge in [0.15, 0.2) is 5.41 Å². The van der Waals surface area contributed by atoms with Crippen LogP contribution in [0.2, 0.25) is 0 Å². The fourth-order valence-electron chi connectivity index (χ4n) is 3.32. The molecule has 1 N–H and O–H groups in total. The van der Waals surface area contributed by atoms with E-state index < -0.39 is 17.5 Å².